The molecule has 0 spiro atoms. The average molecular weight is 220 g/mol. The van der Waals surface area contributed by atoms with E-state index < -0.39 is 10.0 Å². The van der Waals surface area contributed by atoms with Crippen LogP contribution in [0.15, 0.2) is 48.6 Å². The van der Waals surface area contributed by atoms with Crippen molar-refractivity contribution in [2.45, 2.75) is 23.3 Å². The summed E-state index contributed by atoms with van der Waals surface area (Å²) in [5, 5.41) is 1.53. The van der Waals surface area contributed by atoms with Crippen molar-refractivity contribution in [3.8, 4) is 0 Å². The van der Waals surface area contributed by atoms with Crippen LogP contribution >= 0.6 is 10.0 Å². The summed E-state index contributed by atoms with van der Waals surface area (Å²) in [5.74, 6) is 0. The lowest BCUT2D eigenvalue weighted by Crippen LogP contribution is -2.25. The lowest BCUT2D eigenvalue weighted by molar-refractivity contribution is 0.980. The van der Waals surface area contributed by atoms with E-state index in [2.05, 4.69) is 61.1 Å². The first-order chi connectivity index (χ1) is 7.21. The first-order valence-corrected chi connectivity index (χ1v) is 8.16. The SMILES string of the molecule is CS(C)(C1C=CC=CC1)C1C=CC=CC1. The number of hydrogen-bond acceptors (Lipinski definition) is 0. The van der Waals surface area contributed by atoms with E-state index >= 15 is 0 Å². The van der Waals surface area contributed by atoms with Gasteiger partial charge in [-0.1, -0.05) is 48.6 Å². The summed E-state index contributed by atoms with van der Waals surface area (Å²) in [7, 11) is -0.561. The number of rotatable bonds is 2. The van der Waals surface area contributed by atoms with Gasteiger partial charge in [-0.15, -0.1) is 0 Å². The molecular weight excluding hydrogens is 200 g/mol. The highest BCUT2D eigenvalue weighted by Crippen LogP contribution is 2.54. The smallest absolute Gasteiger partial charge is 0.0107 e. The molecule has 0 amide bonds. The van der Waals surface area contributed by atoms with Crippen molar-refractivity contribution in [3.05, 3.63) is 48.6 Å². The first-order valence-electron chi connectivity index (χ1n) is 5.59. The van der Waals surface area contributed by atoms with Gasteiger partial charge in [0.05, 0.1) is 0 Å². The fraction of sp³-hybridized carbons (Fsp3) is 0.429. The molecule has 2 rings (SSSR count). The highest BCUT2D eigenvalue weighted by atomic mass is 32.3. The minimum absolute atomic E-state index is 0.561. The van der Waals surface area contributed by atoms with Gasteiger partial charge in [0.2, 0.25) is 0 Å². The van der Waals surface area contributed by atoms with Crippen LogP contribution in [-0.2, 0) is 0 Å². The zero-order valence-corrected chi connectivity index (χ0v) is 10.4. The van der Waals surface area contributed by atoms with Crippen LogP contribution in [0.3, 0.4) is 0 Å². The van der Waals surface area contributed by atoms with Gasteiger partial charge in [0, 0.05) is 10.5 Å². The Morgan fingerprint density at radius 2 is 1.27 bits per heavy atom. The van der Waals surface area contributed by atoms with Gasteiger partial charge < -0.3 is 0 Å². The molecule has 2 aliphatic carbocycles. The van der Waals surface area contributed by atoms with Crippen molar-refractivity contribution in [1.82, 2.24) is 0 Å². The number of hydrogen-bond donors (Lipinski definition) is 0. The molecule has 0 aromatic carbocycles. The zero-order chi connectivity index (χ0) is 10.7. The Kier molecular flexibility index (Phi) is 3.20. The van der Waals surface area contributed by atoms with Gasteiger partial charge in [0.15, 0.2) is 0 Å². The van der Waals surface area contributed by atoms with Gasteiger partial charge in [-0.25, -0.2) is 10.0 Å². The van der Waals surface area contributed by atoms with Crippen LogP contribution in [0.2, 0.25) is 0 Å². The van der Waals surface area contributed by atoms with E-state index in [1.165, 1.54) is 12.8 Å². The molecule has 0 heterocycles. The van der Waals surface area contributed by atoms with Crippen molar-refractivity contribution in [2.24, 2.45) is 0 Å². The van der Waals surface area contributed by atoms with Gasteiger partial charge in [0.1, 0.15) is 0 Å². The van der Waals surface area contributed by atoms with Crippen molar-refractivity contribution in [1.29, 1.82) is 0 Å². The number of allylic oxidation sites excluding steroid dienone is 6. The van der Waals surface area contributed by atoms with Crippen molar-refractivity contribution >= 4 is 10.0 Å². The maximum absolute atomic E-state index is 2.48. The summed E-state index contributed by atoms with van der Waals surface area (Å²) < 4.78 is 0. The standard InChI is InChI=1S/C14H20S/c1-15(2,13-9-5-3-6-10-13)14-11-7-4-8-12-14/h3-9,11,13-14H,10,12H2,1-2H3. The van der Waals surface area contributed by atoms with Gasteiger partial charge in [-0.2, -0.15) is 0 Å². The predicted octanol–water partition coefficient (Wildman–Crippen LogP) is 3.82. The fourth-order valence-corrected chi connectivity index (χ4v) is 4.90. The Hall–Kier alpha value is -0.690. The van der Waals surface area contributed by atoms with Crippen LogP contribution in [0.1, 0.15) is 12.8 Å². The highest BCUT2D eigenvalue weighted by molar-refractivity contribution is 8.33. The molecule has 0 saturated heterocycles. The third kappa shape index (κ3) is 2.28. The van der Waals surface area contributed by atoms with Crippen LogP contribution in [0.4, 0.5) is 0 Å². The lowest BCUT2D eigenvalue weighted by atomic mass is 10.2. The van der Waals surface area contributed by atoms with E-state index in [1.807, 2.05) is 0 Å². The van der Waals surface area contributed by atoms with Crippen LogP contribution in [0.25, 0.3) is 0 Å². The third-order valence-corrected chi connectivity index (χ3v) is 7.26. The molecule has 2 aliphatic rings. The first kappa shape index (κ1) is 10.8. The minimum atomic E-state index is -0.561. The molecule has 0 fully saturated rings. The van der Waals surface area contributed by atoms with E-state index in [4.69, 9.17) is 0 Å². The van der Waals surface area contributed by atoms with Gasteiger partial charge in [-0.05, 0) is 25.4 Å². The third-order valence-electron chi connectivity index (χ3n) is 3.44. The Balaban J connectivity index is 2.11. The second kappa shape index (κ2) is 4.44. The minimum Gasteiger partial charge on any atom is -0.234 e. The molecule has 0 N–H and O–H groups in total. The normalized spacial score (nSPS) is 30.8. The second-order valence-corrected chi connectivity index (χ2v) is 8.85. The fourth-order valence-electron chi connectivity index (χ4n) is 2.24. The van der Waals surface area contributed by atoms with Gasteiger partial charge in [0.25, 0.3) is 0 Å². The van der Waals surface area contributed by atoms with E-state index in [1.54, 1.807) is 0 Å². The van der Waals surface area contributed by atoms with Crippen molar-refractivity contribution in [2.75, 3.05) is 12.5 Å². The van der Waals surface area contributed by atoms with E-state index in [0.29, 0.717) is 0 Å². The largest absolute Gasteiger partial charge is 0.234 e. The van der Waals surface area contributed by atoms with E-state index in [0.717, 1.165) is 10.5 Å². The summed E-state index contributed by atoms with van der Waals surface area (Å²) in [6, 6.07) is 0. The zero-order valence-electron chi connectivity index (χ0n) is 9.60. The molecule has 0 bridgehead atoms. The summed E-state index contributed by atoms with van der Waals surface area (Å²) in [6.45, 7) is 0. The predicted molar refractivity (Wildman–Crippen MR) is 72.8 cm³/mol. The summed E-state index contributed by atoms with van der Waals surface area (Å²) >= 11 is 0. The summed E-state index contributed by atoms with van der Waals surface area (Å²) in [4.78, 5) is 0. The monoisotopic (exact) mass is 220 g/mol. The topological polar surface area (TPSA) is 0 Å². The molecule has 0 aromatic heterocycles. The lowest BCUT2D eigenvalue weighted by Gasteiger charge is -2.44. The quantitative estimate of drug-likeness (QED) is 0.663. The van der Waals surface area contributed by atoms with Crippen LogP contribution in [0.5, 0.6) is 0 Å². The maximum Gasteiger partial charge on any atom is 0.0107 e. The molecule has 1 heteroatoms. The molecule has 15 heavy (non-hydrogen) atoms. The maximum atomic E-state index is 2.48. The molecule has 0 aromatic rings. The second-order valence-electron chi connectivity index (χ2n) is 4.66. The molecule has 0 nitrogen and oxygen atoms in total. The van der Waals surface area contributed by atoms with Crippen molar-refractivity contribution in [3.63, 3.8) is 0 Å². The van der Waals surface area contributed by atoms with Gasteiger partial charge >= 0.3 is 0 Å². The molecule has 0 saturated carbocycles. The highest BCUT2D eigenvalue weighted by Gasteiger charge is 2.29. The van der Waals surface area contributed by atoms with E-state index in [9.17, 15) is 0 Å². The van der Waals surface area contributed by atoms with Crippen LogP contribution < -0.4 is 0 Å². The molecule has 0 aliphatic heterocycles. The molecule has 82 valence electrons. The Morgan fingerprint density at radius 1 is 0.800 bits per heavy atom. The Bertz CT molecular complexity index is 299. The van der Waals surface area contributed by atoms with E-state index in [-0.39, 0.29) is 0 Å². The molecule has 2 atom stereocenters. The Labute approximate surface area is 94.8 Å². The molecular formula is C14H20S. The van der Waals surface area contributed by atoms with Crippen molar-refractivity contribution < 1.29 is 0 Å². The summed E-state index contributed by atoms with van der Waals surface area (Å²) in [6.07, 6.45) is 25.6. The van der Waals surface area contributed by atoms with Gasteiger partial charge in [-0.3, -0.25) is 0 Å². The van der Waals surface area contributed by atoms with Crippen LogP contribution in [0, 0.1) is 0 Å². The molecule has 2 unspecified atom stereocenters. The Morgan fingerprint density at radius 3 is 1.60 bits per heavy atom. The van der Waals surface area contributed by atoms with Crippen LogP contribution in [-0.4, -0.2) is 23.0 Å². The average Bonchev–Trinajstić information content (AvgIpc) is 2.31. The molecule has 0 radical (unpaired) electrons. The summed E-state index contributed by atoms with van der Waals surface area (Å²) in [5.41, 5.74) is 0.